The smallest absolute Gasteiger partial charge is 0.287 e. The van der Waals surface area contributed by atoms with Gasteiger partial charge in [0.25, 0.3) is 17.7 Å². The van der Waals surface area contributed by atoms with Crippen molar-refractivity contribution in [1.29, 1.82) is 0 Å². The second-order valence-corrected chi connectivity index (χ2v) is 5.48. The lowest BCUT2D eigenvalue weighted by atomic mass is 10.1. The molecule has 1 aliphatic rings. The number of benzene rings is 2. The van der Waals surface area contributed by atoms with E-state index in [0.29, 0.717) is 5.36 Å². The normalized spacial score (nSPS) is 12.0. The highest BCUT2D eigenvalue weighted by Crippen LogP contribution is 2.02. The van der Waals surface area contributed by atoms with Gasteiger partial charge in [-0.05, 0) is 36.4 Å². The molecule has 0 saturated heterocycles. The van der Waals surface area contributed by atoms with Crippen LogP contribution in [-0.4, -0.2) is 30.1 Å². The predicted molar refractivity (Wildman–Crippen MR) is 94.5 cm³/mol. The van der Waals surface area contributed by atoms with Crippen LogP contribution in [0.3, 0.4) is 0 Å². The third kappa shape index (κ3) is 4.59. The summed E-state index contributed by atoms with van der Waals surface area (Å²) in [6, 6.07) is 12.0. The molecule has 7 nitrogen and oxygen atoms in total. The molecule has 134 valence electrons. The van der Waals surface area contributed by atoms with Gasteiger partial charge in [0.05, 0.1) is 11.9 Å². The fourth-order valence-electron chi connectivity index (χ4n) is 2.23. The third-order valence-electron chi connectivity index (χ3n) is 3.56. The van der Waals surface area contributed by atoms with E-state index in [0.717, 1.165) is 17.4 Å². The van der Waals surface area contributed by atoms with E-state index in [-0.39, 0.29) is 17.7 Å². The molecular weight excluding hydrogens is 351 g/mol. The Kier molecular flexibility index (Phi) is 5.30. The maximum Gasteiger partial charge on any atom is 0.287 e. The van der Waals surface area contributed by atoms with Crippen molar-refractivity contribution in [2.45, 2.75) is 0 Å². The number of amides is 3. The molecule has 2 aromatic rings. The van der Waals surface area contributed by atoms with E-state index in [9.17, 15) is 18.8 Å². The number of carbonyl (C=O) groups is 3. The molecule has 1 aliphatic heterocycles. The molecule has 27 heavy (non-hydrogen) atoms. The molecule has 0 aromatic heterocycles. The Morgan fingerprint density at radius 3 is 2.63 bits per heavy atom. The van der Waals surface area contributed by atoms with E-state index in [1.54, 1.807) is 30.3 Å². The quantitative estimate of drug-likeness (QED) is 0.447. The van der Waals surface area contributed by atoms with Gasteiger partial charge in [0.2, 0.25) is 0 Å². The lowest BCUT2D eigenvalue weighted by Gasteiger charge is -2.03. The van der Waals surface area contributed by atoms with E-state index >= 15 is 0 Å². The number of rotatable bonds is 4. The average molecular weight is 364 g/mol. The minimum absolute atomic E-state index is 0.101. The van der Waals surface area contributed by atoms with Crippen molar-refractivity contribution in [3.05, 3.63) is 76.1 Å². The molecule has 8 heteroatoms. The van der Waals surface area contributed by atoms with Gasteiger partial charge >= 0.3 is 0 Å². The molecule has 0 unspecified atom stereocenters. The van der Waals surface area contributed by atoms with Gasteiger partial charge in [-0.3, -0.25) is 14.4 Å². The fourth-order valence-corrected chi connectivity index (χ4v) is 2.23. The van der Waals surface area contributed by atoms with Crippen LogP contribution >= 0.6 is 0 Å². The second kappa shape index (κ2) is 7.99. The van der Waals surface area contributed by atoms with Crippen LogP contribution in [0.25, 0.3) is 6.08 Å². The molecule has 2 N–H and O–H groups in total. The summed E-state index contributed by atoms with van der Waals surface area (Å²) in [5.74, 6) is 0.304. The second-order valence-electron chi connectivity index (χ2n) is 5.48. The first kappa shape index (κ1) is 17.9. The maximum absolute atomic E-state index is 12.8. The van der Waals surface area contributed by atoms with E-state index < -0.39 is 23.5 Å². The van der Waals surface area contributed by atoms with Crippen molar-refractivity contribution in [2.24, 2.45) is 10.1 Å². The third-order valence-corrected chi connectivity index (χ3v) is 3.56. The molecule has 0 saturated carbocycles. The molecular formula is C19H13FN4O3. The summed E-state index contributed by atoms with van der Waals surface area (Å²) < 4.78 is 12.8. The van der Waals surface area contributed by atoms with Gasteiger partial charge in [-0.15, -0.1) is 5.10 Å². The van der Waals surface area contributed by atoms with Gasteiger partial charge in [0, 0.05) is 16.7 Å². The Balaban J connectivity index is 1.59. The van der Waals surface area contributed by atoms with Crippen molar-refractivity contribution >= 4 is 29.7 Å². The topological polar surface area (TPSA) is 100.0 Å². The molecule has 0 bridgehead atoms. The first-order chi connectivity index (χ1) is 13.0. The van der Waals surface area contributed by atoms with Crippen molar-refractivity contribution in [1.82, 2.24) is 10.7 Å². The largest absolute Gasteiger partial charge is 0.343 e. The Hall–Kier alpha value is -3.90. The Labute approximate surface area is 152 Å². The summed E-state index contributed by atoms with van der Waals surface area (Å²) in [6.45, 7) is -0.346. The monoisotopic (exact) mass is 364 g/mol. The molecule has 0 atom stereocenters. The molecule has 3 amide bonds. The molecule has 1 heterocycles. The zero-order valence-corrected chi connectivity index (χ0v) is 13.9. The van der Waals surface area contributed by atoms with Crippen molar-refractivity contribution in [2.75, 3.05) is 6.54 Å². The van der Waals surface area contributed by atoms with E-state index in [1.807, 2.05) is 0 Å². The SMILES string of the molecule is O=C(CNC(=O)c1ccc(F)cc1)NN=C=C1C=c2ccccc2=NC1=O. The van der Waals surface area contributed by atoms with Gasteiger partial charge in [0.15, 0.2) is 0 Å². The van der Waals surface area contributed by atoms with Crippen LogP contribution in [0, 0.1) is 5.82 Å². The Morgan fingerprint density at radius 2 is 1.85 bits per heavy atom. The molecule has 0 aliphatic carbocycles. The van der Waals surface area contributed by atoms with Gasteiger partial charge in [-0.25, -0.2) is 14.8 Å². The number of hydrogen-bond donors (Lipinski definition) is 2. The summed E-state index contributed by atoms with van der Waals surface area (Å²) in [4.78, 5) is 39.3. The summed E-state index contributed by atoms with van der Waals surface area (Å²) in [6.07, 6.45) is 1.57. The van der Waals surface area contributed by atoms with Crippen LogP contribution in [0.5, 0.6) is 0 Å². The number of fused-ring (bicyclic) bond motifs is 1. The Morgan fingerprint density at radius 1 is 1.11 bits per heavy atom. The standard InChI is InChI=1S/C19H13FN4O3/c20-15-7-5-12(6-8-15)18(26)21-11-17(25)24-22-10-14-9-13-3-1-2-4-16(13)23-19(14)27/h1-9H,11H2,(H,21,26)(H,24,25). The van der Waals surface area contributed by atoms with Crippen LogP contribution < -0.4 is 21.3 Å². The highest BCUT2D eigenvalue weighted by Gasteiger charge is 2.10. The number of para-hydroxylation sites is 1. The van der Waals surface area contributed by atoms with Crippen molar-refractivity contribution in [3.63, 3.8) is 0 Å². The Bertz CT molecular complexity index is 1100. The summed E-state index contributed by atoms with van der Waals surface area (Å²) >= 11 is 0. The van der Waals surface area contributed by atoms with E-state index in [4.69, 9.17) is 0 Å². The maximum atomic E-state index is 12.8. The summed E-state index contributed by atoms with van der Waals surface area (Å²) in [5.41, 5.74) is 2.48. The molecule has 2 aromatic carbocycles. The molecule has 0 spiro atoms. The number of halogens is 1. The average Bonchev–Trinajstić information content (AvgIpc) is 2.67. The lowest BCUT2D eigenvalue weighted by Crippen LogP contribution is -2.34. The highest BCUT2D eigenvalue weighted by molar-refractivity contribution is 6.10. The van der Waals surface area contributed by atoms with Gasteiger partial charge in [-0.1, -0.05) is 18.2 Å². The van der Waals surface area contributed by atoms with Crippen molar-refractivity contribution < 1.29 is 18.8 Å². The summed E-state index contributed by atoms with van der Waals surface area (Å²) in [7, 11) is 0. The minimum atomic E-state index is -0.612. The van der Waals surface area contributed by atoms with Crippen LogP contribution in [-0.2, 0) is 9.59 Å². The fraction of sp³-hybridized carbons (Fsp3) is 0.0526. The van der Waals surface area contributed by atoms with Crippen molar-refractivity contribution in [3.8, 4) is 0 Å². The van der Waals surface area contributed by atoms with Gasteiger partial charge < -0.3 is 5.32 Å². The van der Waals surface area contributed by atoms with Gasteiger partial charge in [-0.2, -0.15) is 0 Å². The number of nitrogens with zero attached hydrogens (tertiary/aromatic N) is 2. The van der Waals surface area contributed by atoms with E-state index in [1.165, 1.54) is 12.1 Å². The molecule has 3 rings (SSSR count). The van der Waals surface area contributed by atoms with Gasteiger partial charge in [0.1, 0.15) is 11.4 Å². The molecule has 0 fully saturated rings. The highest BCUT2D eigenvalue weighted by atomic mass is 19.1. The first-order valence-corrected chi connectivity index (χ1v) is 7.88. The van der Waals surface area contributed by atoms with E-state index in [2.05, 4.69) is 26.7 Å². The number of nitrogens with one attached hydrogen (secondary N) is 2. The zero-order valence-electron chi connectivity index (χ0n) is 13.9. The number of carbonyl (C=O) groups excluding carboxylic acids is 3. The zero-order chi connectivity index (χ0) is 19.2. The molecule has 0 radical (unpaired) electrons. The first-order valence-electron chi connectivity index (χ1n) is 7.88. The lowest BCUT2D eigenvalue weighted by molar-refractivity contribution is -0.120. The predicted octanol–water partition coefficient (Wildman–Crippen LogP) is -0.177. The van der Waals surface area contributed by atoms with Crippen LogP contribution in [0.2, 0.25) is 0 Å². The summed E-state index contributed by atoms with van der Waals surface area (Å²) in [5, 5.41) is 7.25. The van der Waals surface area contributed by atoms with Crippen LogP contribution in [0.1, 0.15) is 10.4 Å². The van der Waals surface area contributed by atoms with Crippen LogP contribution in [0.4, 0.5) is 4.39 Å². The minimum Gasteiger partial charge on any atom is -0.343 e. The number of hydrogen-bond acceptors (Lipinski definition) is 4. The number of hydrazone groups is 1. The van der Waals surface area contributed by atoms with Crippen LogP contribution in [0.15, 0.2) is 64.2 Å².